The fourth-order valence-corrected chi connectivity index (χ4v) is 3.05. The number of ether oxygens (including phenoxy) is 4. The molecule has 3 heterocycles. The summed E-state index contributed by atoms with van der Waals surface area (Å²) in [5.74, 6) is 3.15. The second-order valence-electron chi connectivity index (χ2n) is 6.26. The second-order valence-corrected chi connectivity index (χ2v) is 6.26. The molecule has 0 fully saturated rings. The Balaban J connectivity index is 1.51. The first-order valence-corrected chi connectivity index (χ1v) is 8.85. The van der Waals surface area contributed by atoms with Crippen molar-refractivity contribution in [2.45, 2.75) is 0 Å². The molecule has 0 saturated heterocycles. The van der Waals surface area contributed by atoms with E-state index in [2.05, 4.69) is 20.5 Å². The lowest BCUT2D eigenvalue weighted by Gasteiger charge is -2.10. The average molecular weight is 408 g/mol. The summed E-state index contributed by atoms with van der Waals surface area (Å²) in [5, 5.41) is 12.2. The zero-order valence-electron chi connectivity index (χ0n) is 16.0. The summed E-state index contributed by atoms with van der Waals surface area (Å²) in [7, 11) is 3.12. The molecular weight excluding hydrogens is 392 g/mol. The van der Waals surface area contributed by atoms with Gasteiger partial charge >= 0.3 is 0 Å². The molecule has 2 aromatic heterocycles. The lowest BCUT2D eigenvalue weighted by atomic mass is 10.2. The van der Waals surface area contributed by atoms with Crippen LogP contribution < -0.4 is 24.7 Å². The van der Waals surface area contributed by atoms with E-state index in [1.165, 1.54) is 4.68 Å². The van der Waals surface area contributed by atoms with Crippen LogP contribution in [0.5, 0.6) is 23.0 Å². The van der Waals surface area contributed by atoms with Gasteiger partial charge in [0.1, 0.15) is 17.2 Å². The van der Waals surface area contributed by atoms with E-state index in [1.807, 2.05) is 6.07 Å². The average Bonchev–Trinajstić information content (AvgIpc) is 3.52. The van der Waals surface area contributed by atoms with Gasteiger partial charge in [0.25, 0.3) is 5.89 Å². The van der Waals surface area contributed by atoms with Crippen LogP contribution in [0.3, 0.4) is 0 Å². The molecule has 2 aromatic carbocycles. The Hall–Kier alpha value is -4.28. The van der Waals surface area contributed by atoms with Crippen molar-refractivity contribution < 1.29 is 23.5 Å². The van der Waals surface area contributed by atoms with Gasteiger partial charge < -0.3 is 29.2 Å². The van der Waals surface area contributed by atoms with E-state index in [4.69, 9.17) is 29.2 Å². The molecule has 30 heavy (non-hydrogen) atoms. The monoisotopic (exact) mass is 408 g/mol. The molecule has 152 valence electrons. The van der Waals surface area contributed by atoms with Gasteiger partial charge in [0.2, 0.25) is 12.6 Å². The summed E-state index contributed by atoms with van der Waals surface area (Å²) in [4.78, 5) is 4.39. The minimum atomic E-state index is 0.133. The fourth-order valence-electron chi connectivity index (χ4n) is 3.05. The van der Waals surface area contributed by atoms with Crippen LogP contribution in [0.1, 0.15) is 0 Å². The smallest absolute Gasteiger partial charge is 0.282 e. The predicted octanol–water partition coefficient (Wildman–Crippen LogP) is 2.31. The van der Waals surface area contributed by atoms with Crippen LogP contribution in [0.2, 0.25) is 0 Å². The zero-order valence-corrected chi connectivity index (χ0v) is 16.0. The van der Waals surface area contributed by atoms with Crippen molar-refractivity contribution >= 4 is 5.82 Å². The number of nitrogens with two attached hydrogens (primary N) is 1. The summed E-state index contributed by atoms with van der Waals surface area (Å²) in [5.41, 5.74) is 7.79. The molecule has 0 unspecified atom stereocenters. The van der Waals surface area contributed by atoms with E-state index < -0.39 is 0 Å². The second kappa shape index (κ2) is 6.95. The largest absolute Gasteiger partial charge is 0.497 e. The van der Waals surface area contributed by atoms with Crippen LogP contribution in [0.4, 0.5) is 5.82 Å². The van der Waals surface area contributed by atoms with Crippen LogP contribution in [-0.2, 0) is 0 Å². The molecule has 11 nitrogen and oxygen atoms in total. The Labute approximate surface area is 169 Å². The number of hydrogen-bond donors (Lipinski definition) is 1. The molecule has 2 N–H and O–H groups in total. The standard InChI is InChI=1S/C19H16N6O5/c1-26-11-4-6-13(27-2)12(8-11)25-17(20)16(22-24-25)19-21-18(23-30-19)10-3-5-14-15(7-10)29-9-28-14/h3-8H,9,20H2,1-2H3. The highest BCUT2D eigenvalue weighted by atomic mass is 16.7. The number of rotatable bonds is 5. The Morgan fingerprint density at radius 1 is 1.03 bits per heavy atom. The maximum absolute atomic E-state index is 6.28. The van der Waals surface area contributed by atoms with Crippen LogP contribution in [0.25, 0.3) is 28.7 Å². The summed E-state index contributed by atoms with van der Waals surface area (Å²) < 4.78 is 28.2. The van der Waals surface area contributed by atoms with Crippen molar-refractivity contribution in [2.75, 3.05) is 26.7 Å². The van der Waals surface area contributed by atoms with E-state index in [0.29, 0.717) is 40.1 Å². The summed E-state index contributed by atoms with van der Waals surface area (Å²) >= 11 is 0. The molecule has 5 rings (SSSR count). The lowest BCUT2D eigenvalue weighted by Crippen LogP contribution is -2.05. The molecule has 0 saturated carbocycles. The number of hydrogen-bond acceptors (Lipinski definition) is 10. The Kier molecular flexibility index (Phi) is 4.12. The molecule has 1 aliphatic heterocycles. The van der Waals surface area contributed by atoms with Crippen LogP contribution >= 0.6 is 0 Å². The molecule has 0 radical (unpaired) electrons. The Morgan fingerprint density at radius 2 is 1.90 bits per heavy atom. The summed E-state index contributed by atoms with van der Waals surface area (Å²) in [6.45, 7) is 0.184. The van der Waals surface area contributed by atoms with Crippen LogP contribution in [0, 0.1) is 0 Å². The minimum Gasteiger partial charge on any atom is -0.497 e. The van der Waals surface area contributed by atoms with Gasteiger partial charge in [-0.15, -0.1) is 5.10 Å². The number of nitrogen functional groups attached to an aromatic ring is 1. The van der Waals surface area contributed by atoms with Gasteiger partial charge in [0.05, 0.1) is 14.2 Å². The third kappa shape index (κ3) is 2.83. The molecule has 0 atom stereocenters. The number of aromatic nitrogens is 5. The molecule has 0 aliphatic carbocycles. The number of benzene rings is 2. The van der Waals surface area contributed by atoms with Crippen molar-refractivity contribution in [3.05, 3.63) is 36.4 Å². The van der Waals surface area contributed by atoms with Crippen molar-refractivity contribution in [1.82, 2.24) is 25.1 Å². The first-order valence-electron chi connectivity index (χ1n) is 8.85. The topological polar surface area (TPSA) is 133 Å². The SMILES string of the molecule is COc1ccc(OC)c(-n2nnc(-c3nc(-c4ccc5c(c4)OCO5)no3)c2N)c1. The predicted molar refractivity (Wildman–Crippen MR) is 104 cm³/mol. The molecule has 1 aliphatic rings. The molecule has 11 heteroatoms. The van der Waals surface area contributed by atoms with E-state index in [0.717, 1.165) is 0 Å². The maximum Gasteiger partial charge on any atom is 0.282 e. The van der Waals surface area contributed by atoms with E-state index in [9.17, 15) is 0 Å². The van der Waals surface area contributed by atoms with Gasteiger partial charge in [-0.2, -0.15) is 9.67 Å². The maximum atomic E-state index is 6.28. The van der Waals surface area contributed by atoms with Crippen LogP contribution in [0.15, 0.2) is 40.9 Å². The van der Waals surface area contributed by atoms with Gasteiger partial charge in [0, 0.05) is 11.6 Å². The molecule has 4 aromatic rings. The highest BCUT2D eigenvalue weighted by molar-refractivity contribution is 5.68. The number of anilines is 1. The quantitative estimate of drug-likeness (QED) is 0.524. The highest BCUT2D eigenvalue weighted by Crippen LogP contribution is 2.36. The normalized spacial score (nSPS) is 12.2. The molecule has 0 amide bonds. The van der Waals surface area contributed by atoms with Gasteiger partial charge in [0.15, 0.2) is 23.0 Å². The van der Waals surface area contributed by atoms with Gasteiger partial charge in [-0.05, 0) is 30.3 Å². The van der Waals surface area contributed by atoms with Gasteiger partial charge in [-0.1, -0.05) is 10.4 Å². The van der Waals surface area contributed by atoms with Crippen molar-refractivity contribution in [1.29, 1.82) is 0 Å². The zero-order chi connectivity index (χ0) is 20.7. The molecule has 0 bridgehead atoms. The lowest BCUT2D eigenvalue weighted by molar-refractivity contribution is 0.174. The Bertz CT molecular complexity index is 1230. The highest BCUT2D eigenvalue weighted by Gasteiger charge is 2.22. The van der Waals surface area contributed by atoms with Crippen molar-refractivity contribution in [3.8, 4) is 51.7 Å². The molecular formula is C19H16N6O5. The third-order valence-corrected chi connectivity index (χ3v) is 4.58. The van der Waals surface area contributed by atoms with Crippen molar-refractivity contribution in [2.24, 2.45) is 0 Å². The summed E-state index contributed by atoms with van der Waals surface area (Å²) in [6, 6.07) is 10.6. The van der Waals surface area contributed by atoms with Crippen LogP contribution in [-0.4, -0.2) is 46.1 Å². The number of fused-ring (bicyclic) bond motifs is 1. The van der Waals surface area contributed by atoms with Gasteiger partial charge in [-0.25, -0.2) is 0 Å². The van der Waals surface area contributed by atoms with Gasteiger partial charge in [-0.3, -0.25) is 0 Å². The minimum absolute atomic E-state index is 0.133. The van der Waals surface area contributed by atoms with E-state index >= 15 is 0 Å². The first kappa shape index (κ1) is 17.8. The number of methoxy groups -OCH3 is 2. The molecule has 0 spiro atoms. The number of nitrogens with zero attached hydrogens (tertiary/aromatic N) is 5. The van der Waals surface area contributed by atoms with E-state index in [1.54, 1.807) is 44.6 Å². The Morgan fingerprint density at radius 3 is 2.73 bits per heavy atom. The fraction of sp³-hybridized carbons (Fsp3) is 0.158. The third-order valence-electron chi connectivity index (χ3n) is 4.58. The van der Waals surface area contributed by atoms with Crippen molar-refractivity contribution in [3.63, 3.8) is 0 Å². The first-order chi connectivity index (χ1) is 14.7. The van der Waals surface area contributed by atoms with E-state index in [-0.39, 0.29) is 24.2 Å². The summed E-state index contributed by atoms with van der Waals surface area (Å²) in [6.07, 6.45) is 0.